The first kappa shape index (κ1) is 13.6. The lowest BCUT2D eigenvalue weighted by Gasteiger charge is -2.08. The van der Waals surface area contributed by atoms with Crippen molar-refractivity contribution in [2.75, 3.05) is 5.32 Å². The van der Waals surface area contributed by atoms with Crippen LogP contribution < -0.4 is 5.32 Å². The summed E-state index contributed by atoms with van der Waals surface area (Å²) in [6.45, 7) is 1.85. The number of carbonyl (C=O) groups is 1. The minimum Gasteiger partial charge on any atom is -0.392 e. The van der Waals surface area contributed by atoms with Crippen molar-refractivity contribution >= 4 is 23.2 Å². The fourth-order valence-electron chi connectivity index (χ4n) is 1.73. The zero-order valence-corrected chi connectivity index (χ0v) is 11.2. The van der Waals surface area contributed by atoms with Crippen LogP contribution in [-0.2, 0) is 6.61 Å². The summed E-state index contributed by atoms with van der Waals surface area (Å²) >= 11 is 5.90. The Labute approximate surface area is 116 Å². The van der Waals surface area contributed by atoms with E-state index in [1.54, 1.807) is 36.4 Å². The third-order valence-electron chi connectivity index (χ3n) is 2.84. The van der Waals surface area contributed by atoms with Crippen LogP contribution in [0.2, 0.25) is 5.02 Å². The van der Waals surface area contributed by atoms with Gasteiger partial charge in [0.05, 0.1) is 6.61 Å². The average molecular weight is 276 g/mol. The lowest BCUT2D eigenvalue weighted by Crippen LogP contribution is -2.13. The Morgan fingerprint density at radius 1 is 1.21 bits per heavy atom. The molecule has 4 heteroatoms. The third kappa shape index (κ3) is 3.34. The number of halogens is 1. The molecule has 0 saturated heterocycles. The van der Waals surface area contributed by atoms with Crippen molar-refractivity contribution in [2.24, 2.45) is 0 Å². The van der Waals surface area contributed by atoms with Crippen LogP contribution in [0.1, 0.15) is 21.5 Å². The first-order valence-electron chi connectivity index (χ1n) is 5.87. The first-order chi connectivity index (χ1) is 9.10. The molecule has 0 atom stereocenters. The van der Waals surface area contributed by atoms with Crippen molar-refractivity contribution in [2.45, 2.75) is 13.5 Å². The van der Waals surface area contributed by atoms with Gasteiger partial charge in [0.1, 0.15) is 0 Å². The highest BCUT2D eigenvalue weighted by molar-refractivity contribution is 6.31. The molecule has 0 unspecified atom stereocenters. The fraction of sp³-hybridized carbons (Fsp3) is 0.133. The molecule has 0 aliphatic carbocycles. The van der Waals surface area contributed by atoms with E-state index in [0.29, 0.717) is 16.3 Å². The molecular weight excluding hydrogens is 262 g/mol. The molecule has 0 radical (unpaired) electrons. The van der Waals surface area contributed by atoms with Crippen molar-refractivity contribution in [1.82, 2.24) is 0 Å². The number of carbonyl (C=O) groups excluding carboxylic acids is 1. The van der Waals surface area contributed by atoms with Gasteiger partial charge in [-0.05, 0) is 42.3 Å². The summed E-state index contributed by atoms with van der Waals surface area (Å²) in [5.74, 6) is -0.197. The smallest absolute Gasteiger partial charge is 0.255 e. The number of anilines is 1. The van der Waals surface area contributed by atoms with Gasteiger partial charge in [-0.1, -0.05) is 29.8 Å². The van der Waals surface area contributed by atoms with Crippen molar-refractivity contribution in [1.29, 1.82) is 0 Å². The number of rotatable bonds is 3. The second kappa shape index (κ2) is 5.87. The van der Waals surface area contributed by atoms with Crippen molar-refractivity contribution in [3.05, 3.63) is 64.2 Å². The van der Waals surface area contributed by atoms with Crippen LogP contribution in [-0.4, -0.2) is 11.0 Å². The Kier molecular flexibility index (Phi) is 4.20. The van der Waals surface area contributed by atoms with E-state index in [4.69, 9.17) is 16.7 Å². The van der Waals surface area contributed by atoms with Gasteiger partial charge in [0.25, 0.3) is 5.91 Å². The predicted octanol–water partition coefficient (Wildman–Crippen LogP) is 3.39. The summed E-state index contributed by atoms with van der Waals surface area (Å²) in [6.07, 6.45) is 0. The average Bonchev–Trinajstić information content (AvgIpc) is 2.42. The van der Waals surface area contributed by atoms with E-state index in [-0.39, 0.29) is 12.5 Å². The van der Waals surface area contributed by atoms with Crippen LogP contribution >= 0.6 is 11.6 Å². The van der Waals surface area contributed by atoms with Gasteiger partial charge in [0.2, 0.25) is 0 Å². The molecule has 2 aromatic carbocycles. The molecule has 19 heavy (non-hydrogen) atoms. The zero-order valence-electron chi connectivity index (χ0n) is 10.5. The minimum absolute atomic E-state index is 0.0123. The number of aliphatic hydroxyl groups excluding tert-OH is 1. The Morgan fingerprint density at radius 2 is 1.89 bits per heavy atom. The van der Waals surface area contributed by atoms with Crippen LogP contribution in [0.15, 0.2) is 42.5 Å². The predicted molar refractivity (Wildman–Crippen MR) is 76.5 cm³/mol. The number of nitrogens with one attached hydrogen (secondary N) is 1. The molecule has 1 amide bonds. The summed E-state index contributed by atoms with van der Waals surface area (Å²) < 4.78 is 0. The van der Waals surface area contributed by atoms with Crippen LogP contribution in [0.5, 0.6) is 0 Å². The van der Waals surface area contributed by atoms with Gasteiger partial charge in [0.15, 0.2) is 0 Å². The number of amides is 1. The number of aryl methyl sites for hydroxylation is 1. The van der Waals surface area contributed by atoms with Gasteiger partial charge < -0.3 is 10.4 Å². The Morgan fingerprint density at radius 3 is 2.53 bits per heavy atom. The molecule has 0 saturated carbocycles. The van der Waals surface area contributed by atoms with Gasteiger partial charge in [-0.25, -0.2) is 0 Å². The van der Waals surface area contributed by atoms with E-state index in [9.17, 15) is 4.79 Å². The summed E-state index contributed by atoms with van der Waals surface area (Å²) in [5.41, 5.74) is 2.91. The molecule has 0 aliphatic heterocycles. The maximum atomic E-state index is 12.1. The standard InChI is InChI=1S/C15H14ClNO2/c1-10-2-5-12(16)8-14(10)15(19)17-13-6-3-11(9-18)4-7-13/h2-8,18H,9H2,1H3,(H,17,19). The van der Waals surface area contributed by atoms with Gasteiger partial charge in [-0.15, -0.1) is 0 Å². The number of hydrogen-bond donors (Lipinski definition) is 2. The molecule has 0 spiro atoms. The topological polar surface area (TPSA) is 49.3 Å². The fourth-order valence-corrected chi connectivity index (χ4v) is 1.90. The zero-order chi connectivity index (χ0) is 13.8. The normalized spacial score (nSPS) is 10.3. The maximum Gasteiger partial charge on any atom is 0.255 e. The van der Waals surface area contributed by atoms with Crippen LogP contribution in [0, 0.1) is 6.92 Å². The van der Waals surface area contributed by atoms with E-state index in [2.05, 4.69) is 5.32 Å². The number of hydrogen-bond acceptors (Lipinski definition) is 2. The molecule has 0 aliphatic rings. The maximum absolute atomic E-state index is 12.1. The molecule has 0 bridgehead atoms. The third-order valence-corrected chi connectivity index (χ3v) is 3.07. The lowest BCUT2D eigenvalue weighted by molar-refractivity contribution is 0.102. The quantitative estimate of drug-likeness (QED) is 0.902. The molecule has 2 rings (SSSR count). The van der Waals surface area contributed by atoms with Crippen molar-refractivity contribution < 1.29 is 9.90 Å². The van der Waals surface area contributed by atoms with Gasteiger partial charge >= 0.3 is 0 Å². The molecule has 0 heterocycles. The first-order valence-corrected chi connectivity index (χ1v) is 6.25. The van der Waals surface area contributed by atoms with Crippen LogP contribution in [0.3, 0.4) is 0 Å². The van der Waals surface area contributed by atoms with E-state index < -0.39 is 0 Å². The monoisotopic (exact) mass is 275 g/mol. The van der Waals surface area contributed by atoms with Crippen molar-refractivity contribution in [3.63, 3.8) is 0 Å². The van der Waals surface area contributed by atoms with Crippen LogP contribution in [0.4, 0.5) is 5.69 Å². The summed E-state index contributed by atoms with van der Waals surface area (Å²) in [5, 5.41) is 12.3. The van der Waals surface area contributed by atoms with Gasteiger partial charge in [-0.2, -0.15) is 0 Å². The molecule has 2 aromatic rings. The SMILES string of the molecule is Cc1ccc(Cl)cc1C(=O)Nc1ccc(CO)cc1. The highest BCUT2D eigenvalue weighted by Crippen LogP contribution is 2.17. The lowest BCUT2D eigenvalue weighted by atomic mass is 10.1. The van der Waals surface area contributed by atoms with E-state index in [0.717, 1.165) is 11.1 Å². The van der Waals surface area contributed by atoms with Crippen molar-refractivity contribution in [3.8, 4) is 0 Å². The van der Waals surface area contributed by atoms with Gasteiger partial charge in [0, 0.05) is 16.3 Å². The van der Waals surface area contributed by atoms with Crippen LogP contribution in [0.25, 0.3) is 0 Å². The molecule has 98 valence electrons. The van der Waals surface area contributed by atoms with E-state index >= 15 is 0 Å². The Balaban J connectivity index is 2.18. The largest absolute Gasteiger partial charge is 0.392 e. The highest BCUT2D eigenvalue weighted by atomic mass is 35.5. The number of aliphatic hydroxyl groups is 1. The molecule has 0 fully saturated rings. The molecule has 3 nitrogen and oxygen atoms in total. The summed E-state index contributed by atoms with van der Waals surface area (Å²) in [4.78, 5) is 12.1. The molecular formula is C15H14ClNO2. The second-order valence-electron chi connectivity index (χ2n) is 4.27. The molecule has 0 aromatic heterocycles. The molecule has 2 N–H and O–H groups in total. The summed E-state index contributed by atoms with van der Waals surface area (Å²) in [6, 6.07) is 12.2. The van der Waals surface area contributed by atoms with E-state index in [1.165, 1.54) is 0 Å². The second-order valence-corrected chi connectivity index (χ2v) is 4.70. The Hall–Kier alpha value is -1.84. The van der Waals surface area contributed by atoms with Gasteiger partial charge in [-0.3, -0.25) is 4.79 Å². The Bertz CT molecular complexity index is 594. The number of benzene rings is 2. The highest BCUT2D eigenvalue weighted by Gasteiger charge is 2.09. The summed E-state index contributed by atoms with van der Waals surface area (Å²) in [7, 11) is 0. The minimum atomic E-state index is -0.197. The van der Waals surface area contributed by atoms with E-state index in [1.807, 2.05) is 13.0 Å².